The molecule has 0 heterocycles. The average Bonchev–Trinajstić information content (AvgIpc) is 2.72. The van der Waals surface area contributed by atoms with E-state index in [9.17, 15) is 0 Å². The minimum absolute atomic E-state index is 0.516. The Morgan fingerprint density at radius 2 is 2.25 bits per heavy atom. The summed E-state index contributed by atoms with van der Waals surface area (Å²) in [5.74, 6) is 0.610. The summed E-state index contributed by atoms with van der Waals surface area (Å²) in [4.78, 5) is 0. The molecule has 16 heavy (non-hydrogen) atoms. The lowest BCUT2D eigenvalue weighted by molar-refractivity contribution is 0.516. The highest BCUT2D eigenvalue weighted by atomic mass is 35.5. The number of nitrogens with one attached hydrogen (secondary N) is 1. The van der Waals surface area contributed by atoms with E-state index in [0.717, 1.165) is 22.8 Å². The smallest absolute Gasteiger partial charge is 0.0455 e. The van der Waals surface area contributed by atoms with Gasteiger partial charge in [0, 0.05) is 16.8 Å². The maximum atomic E-state index is 6.10. The highest BCUT2D eigenvalue weighted by Crippen LogP contribution is 2.30. The van der Waals surface area contributed by atoms with Gasteiger partial charge >= 0.3 is 0 Å². The fraction of sp³-hybridized carbons (Fsp3) is 0.538. The van der Waals surface area contributed by atoms with Gasteiger partial charge < -0.3 is 11.1 Å². The van der Waals surface area contributed by atoms with Gasteiger partial charge in [0.2, 0.25) is 0 Å². The van der Waals surface area contributed by atoms with E-state index in [1.165, 1.54) is 19.3 Å². The molecule has 3 N–H and O–H groups in total. The van der Waals surface area contributed by atoms with Crippen molar-refractivity contribution in [1.29, 1.82) is 0 Å². The van der Waals surface area contributed by atoms with Crippen LogP contribution in [0.5, 0.6) is 0 Å². The molecule has 0 bridgehead atoms. The maximum Gasteiger partial charge on any atom is 0.0455 e. The van der Waals surface area contributed by atoms with Gasteiger partial charge in [-0.15, -0.1) is 0 Å². The van der Waals surface area contributed by atoms with Gasteiger partial charge in [-0.25, -0.2) is 0 Å². The van der Waals surface area contributed by atoms with Gasteiger partial charge in [0.1, 0.15) is 0 Å². The lowest BCUT2D eigenvalue weighted by atomic mass is 10.0. The van der Waals surface area contributed by atoms with Crippen molar-refractivity contribution in [1.82, 2.24) is 0 Å². The molecule has 1 fully saturated rings. The third-order valence-corrected chi connectivity index (χ3v) is 3.98. The highest BCUT2D eigenvalue weighted by molar-refractivity contribution is 6.31. The van der Waals surface area contributed by atoms with Crippen LogP contribution < -0.4 is 11.1 Å². The Labute approximate surface area is 102 Å². The molecule has 0 aromatic heterocycles. The molecule has 1 aliphatic carbocycles. The molecule has 1 aromatic rings. The summed E-state index contributed by atoms with van der Waals surface area (Å²) >= 11 is 6.10. The summed E-state index contributed by atoms with van der Waals surface area (Å²) in [6.07, 6.45) is 3.74. The Hall–Kier alpha value is -0.730. The molecule has 88 valence electrons. The van der Waals surface area contributed by atoms with Gasteiger partial charge in [0.25, 0.3) is 0 Å². The Balaban J connectivity index is 2.11. The molecule has 1 saturated carbocycles. The topological polar surface area (TPSA) is 38.0 Å². The van der Waals surface area contributed by atoms with Gasteiger partial charge in [-0.05, 0) is 49.9 Å². The molecule has 0 saturated heterocycles. The highest BCUT2D eigenvalue weighted by Gasteiger charge is 2.26. The first-order valence-electron chi connectivity index (χ1n) is 5.94. The molecule has 2 nitrogen and oxygen atoms in total. The van der Waals surface area contributed by atoms with E-state index in [4.69, 9.17) is 17.3 Å². The van der Waals surface area contributed by atoms with Crippen LogP contribution in [0.2, 0.25) is 5.02 Å². The van der Waals surface area contributed by atoms with E-state index >= 15 is 0 Å². The van der Waals surface area contributed by atoms with Crippen LogP contribution in [0.1, 0.15) is 24.8 Å². The number of hydrogen-bond acceptors (Lipinski definition) is 2. The van der Waals surface area contributed by atoms with E-state index in [1.807, 2.05) is 12.1 Å². The third kappa shape index (κ3) is 2.33. The van der Waals surface area contributed by atoms with Crippen molar-refractivity contribution < 1.29 is 0 Å². The molecule has 1 aromatic carbocycles. The molecule has 2 atom stereocenters. The Morgan fingerprint density at radius 3 is 3.00 bits per heavy atom. The van der Waals surface area contributed by atoms with Gasteiger partial charge in [-0.2, -0.15) is 0 Å². The quantitative estimate of drug-likeness (QED) is 0.849. The van der Waals surface area contributed by atoms with Crippen LogP contribution in [0.3, 0.4) is 0 Å². The zero-order valence-electron chi connectivity index (χ0n) is 9.67. The first kappa shape index (κ1) is 11.7. The number of halogens is 1. The van der Waals surface area contributed by atoms with E-state index in [-0.39, 0.29) is 0 Å². The van der Waals surface area contributed by atoms with Crippen LogP contribution in [0.25, 0.3) is 0 Å². The minimum atomic E-state index is 0.516. The molecule has 2 unspecified atom stereocenters. The molecule has 0 radical (unpaired) electrons. The number of benzene rings is 1. The Bertz CT molecular complexity index is 365. The van der Waals surface area contributed by atoms with Crippen molar-refractivity contribution in [2.24, 2.45) is 11.7 Å². The van der Waals surface area contributed by atoms with E-state index in [0.29, 0.717) is 12.0 Å². The van der Waals surface area contributed by atoms with Gasteiger partial charge in [-0.1, -0.05) is 24.1 Å². The molecular formula is C13H19ClN2. The molecule has 0 spiro atoms. The van der Waals surface area contributed by atoms with Crippen molar-refractivity contribution >= 4 is 17.3 Å². The van der Waals surface area contributed by atoms with Crippen molar-refractivity contribution in [3.05, 3.63) is 28.8 Å². The summed E-state index contributed by atoms with van der Waals surface area (Å²) in [6.45, 7) is 2.83. The van der Waals surface area contributed by atoms with Crippen LogP contribution in [0.4, 0.5) is 5.69 Å². The molecule has 3 heteroatoms. The number of nitrogens with two attached hydrogens (primary N) is 1. The zero-order valence-corrected chi connectivity index (χ0v) is 10.4. The third-order valence-electron chi connectivity index (χ3n) is 3.57. The van der Waals surface area contributed by atoms with E-state index in [2.05, 4.69) is 18.3 Å². The normalized spacial score (nSPS) is 24.7. The Kier molecular flexibility index (Phi) is 3.72. The monoisotopic (exact) mass is 238 g/mol. The van der Waals surface area contributed by atoms with Gasteiger partial charge in [0.15, 0.2) is 0 Å². The van der Waals surface area contributed by atoms with E-state index < -0.39 is 0 Å². The lowest BCUT2D eigenvalue weighted by Crippen LogP contribution is -2.29. The van der Waals surface area contributed by atoms with Crippen LogP contribution in [-0.4, -0.2) is 12.6 Å². The van der Waals surface area contributed by atoms with Crippen LogP contribution in [0.15, 0.2) is 18.2 Å². The van der Waals surface area contributed by atoms with Gasteiger partial charge in [-0.3, -0.25) is 0 Å². The second kappa shape index (κ2) is 5.07. The minimum Gasteiger partial charge on any atom is -0.382 e. The average molecular weight is 239 g/mol. The molecule has 0 amide bonds. The maximum absolute atomic E-state index is 6.10. The van der Waals surface area contributed by atoms with Crippen LogP contribution >= 0.6 is 11.6 Å². The first-order valence-corrected chi connectivity index (χ1v) is 6.32. The lowest BCUT2D eigenvalue weighted by Gasteiger charge is -2.22. The standard InChI is InChI=1S/C13H19ClN2/c1-9-11(14)5-3-6-12(9)16-13-7-2-4-10(13)8-15/h3,5-6,10,13,16H,2,4,7-8,15H2,1H3. The fourth-order valence-electron chi connectivity index (χ4n) is 2.47. The number of hydrogen-bond donors (Lipinski definition) is 2. The van der Waals surface area contributed by atoms with Crippen LogP contribution in [-0.2, 0) is 0 Å². The van der Waals surface area contributed by atoms with Crippen molar-refractivity contribution in [3.8, 4) is 0 Å². The Morgan fingerprint density at radius 1 is 1.44 bits per heavy atom. The zero-order chi connectivity index (χ0) is 11.5. The van der Waals surface area contributed by atoms with Crippen LogP contribution in [0, 0.1) is 12.8 Å². The summed E-state index contributed by atoms with van der Waals surface area (Å²) in [7, 11) is 0. The van der Waals surface area contributed by atoms with Gasteiger partial charge in [0.05, 0.1) is 0 Å². The fourth-order valence-corrected chi connectivity index (χ4v) is 2.65. The van der Waals surface area contributed by atoms with Crippen molar-refractivity contribution in [2.45, 2.75) is 32.2 Å². The summed E-state index contributed by atoms with van der Waals surface area (Å²) < 4.78 is 0. The number of rotatable bonds is 3. The SMILES string of the molecule is Cc1c(Cl)cccc1NC1CCCC1CN. The summed E-state index contributed by atoms with van der Waals surface area (Å²) in [6, 6.07) is 6.52. The second-order valence-electron chi connectivity index (χ2n) is 4.59. The molecule has 0 aliphatic heterocycles. The number of anilines is 1. The first-order chi connectivity index (χ1) is 7.72. The predicted molar refractivity (Wildman–Crippen MR) is 70.0 cm³/mol. The molecule has 2 rings (SSSR count). The van der Waals surface area contributed by atoms with E-state index in [1.54, 1.807) is 0 Å². The predicted octanol–water partition coefficient (Wildman–Crippen LogP) is 3.19. The second-order valence-corrected chi connectivity index (χ2v) is 5.00. The molecule has 1 aliphatic rings. The summed E-state index contributed by atoms with van der Waals surface area (Å²) in [5.41, 5.74) is 8.06. The van der Waals surface area contributed by atoms with Crippen molar-refractivity contribution in [3.63, 3.8) is 0 Å². The molecular weight excluding hydrogens is 220 g/mol. The summed E-state index contributed by atoms with van der Waals surface area (Å²) in [5, 5.41) is 4.41. The van der Waals surface area contributed by atoms with Crippen molar-refractivity contribution in [2.75, 3.05) is 11.9 Å². The largest absolute Gasteiger partial charge is 0.382 e.